The van der Waals surface area contributed by atoms with Crippen molar-refractivity contribution in [3.63, 3.8) is 0 Å². The zero-order valence-electron chi connectivity index (χ0n) is 18.1. The van der Waals surface area contributed by atoms with Gasteiger partial charge in [0.2, 0.25) is 0 Å². The van der Waals surface area contributed by atoms with E-state index in [2.05, 4.69) is 20.2 Å². The molecule has 1 N–H and O–H groups in total. The monoisotopic (exact) mass is 512 g/mol. The SMILES string of the molecule is O=S(=O)(Nc1nc(-c2cc(-c3ccon3)n(Cc3ccccc3F)n2)ncc1F)c1ccc(F)cc1. The molecule has 13 heteroatoms. The lowest BCUT2D eigenvalue weighted by atomic mass is 10.2. The van der Waals surface area contributed by atoms with Crippen LogP contribution in [0.25, 0.3) is 22.9 Å². The van der Waals surface area contributed by atoms with Crippen molar-refractivity contribution in [1.82, 2.24) is 24.9 Å². The van der Waals surface area contributed by atoms with E-state index in [0.29, 0.717) is 17.0 Å². The highest BCUT2D eigenvalue weighted by molar-refractivity contribution is 7.92. The quantitative estimate of drug-likeness (QED) is 0.346. The number of hydrogen-bond acceptors (Lipinski definition) is 7. The Kier molecular flexibility index (Phi) is 5.98. The molecule has 2 aromatic carbocycles. The first-order chi connectivity index (χ1) is 17.3. The standard InChI is InChI=1S/C23H15F3N6O3S/c24-15-5-7-16(8-6-15)36(33,34)31-22-18(26)12-27-23(28-22)20-11-21(19-9-10-35-30-19)32(29-20)13-14-3-1-2-4-17(14)25/h1-12H,13H2,(H,27,28,31). The van der Waals surface area contributed by atoms with Crippen molar-refractivity contribution in [2.75, 3.05) is 4.72 Å². The van der Waals surface area contributed by atoms with Gasteiger partial charge in [0.15, 0.2) is 17.5 Å². The molecule has 0 unspecified atom stereocenters. The van der Waals surface area contributed by atoms with Crippen LogP contribution in [0, 0.1) is 17.5 Å². The summed E-state index contributed by atoms with van der Waals surface area (Å²) in [4.78, 5) is 7.62. The first-order valence-corrected chi connectivity index (χ1v) is 11.8. The Morgan fingerprint density at radius 3 is 2.44 bits per heavy atom. The number of rotatable bonds is 7. The molecular formula is C23H15F3N6O3S. The van der Waals surface area contributed by atoms with Crippen molar-refractivity contribution in [3.05, 3.63) is 96.1 Å². The van der Waals surface area contributed by atoms with Gasteiger partial charge in [0.25, 0.3) is 10.0 Å². The fourth-order valence-corrected chi connectivity index (χ4v) is 4.36. The molecule has 0 saturated heterocycles. The smallest absolute Gasteiger partial charge is 0.263 e. The summed E-state index contributed by atoms with van der Waals surface area (Å²) in [5, 5.41) is 8.30. The Morgan fingerprint density at radius 1 is 0.944 bits per heavy atom. The molecule has 0 spiro atoms. The van der Waals surface area contributed by atoms with Crippen molar-refractivity contribution in [2.24, 2.45) is 0 Å². The van der Waals surface area contributed by atoms with Crippen LogP contribution in [0.2, 0.25) is 0 Å². The minimum atomic E-state index is -4.27. The zero-order chi connectivity index (χ0) is 25.3. The minimum Gasteiger partial charge on any atom is -0.364 e. The molecular weight excluding hydrogens is 497 g/mol. The highest BCUT2D eigenvalue weighted by Crippen LogP contribution is 2.26. The minimum absolute atomic E-state index is 0.0279. The molecule has 9 nitrogen and oxygen atoms in total. The van der Waals surface area contributed by atoms with E-state index >= 15 is 0 Å². The fraction of sp³-hybridized carbons (Fsp3) is 0.0435. The molecule has 0 aliphatic carbocycles. The topological polar surface area (TPSA) is 116 Å². The number of halogens is 3. The van der Waals surface area contributed by atoms with Crippen LogP contribution in [-0.2, 0) is 16.6 Å². The Labute approximate surface area is 202 Å². The third-order valence-electron chi connectivity index (χ3n) is 5.09. The molecule has 0 amide bonds. The molecule has 36 heavy (non-hydrogen) atoms. The second-order valence-electron chi connectivity index (χ2n) is 7.50. The summed E-state index contributed by atoms with van der Waals surface area (Å²) in [6.07, 6.45) is 2.14. The molecule has 182 valence electrons. The average Bonchev–Trinajstić information content (AvgIpc) is 3.52. The summed E-state index contributed by atoms with van der Waals surface area (Å²) >= 11 is 0. The zero-order valence-corrected chi connectivity index (χ0v) is 19.0. The van der Waals surface area contributed by atoms with Crippen LogP contribution in [0.1, 0.15) is 5.56 Å². The van der Waals surface area contributed by atoms with Gasteiger partial charge in [-0.1, -0.05) is 23.4 Å². The van der Waals surface area contributed by atoms with Crippen LogP contribution in [0.3, 0.4) is 0 Å². The predicted octanol–water partition coefficient (Wildman–Crippen LogP) is 4.26. The van der Waals surface area contributed by atoms with E-state index in [1.165, 1.54) is 23.1 Å². The van der Waals surface area contributed by atoms with Gasteiger partial charge in [-0.15, -0.1) is 0 Å². The molecule has 0 bridgehead atoms. The maximum absolute atomic E-state index is 14.4. The Bertz CT molecular complexity index is 1640. The number of aromatic nitrogens is 5. The van der Waals surface area contributed by atoms with E-state index < -0.39 is 33.3 Å². The van der Waals surface area contributed by atoms with Gasteiger partial charge in [0.05, 0.1) is 23.3 Å². The summed E-state index contributed by atoms with van der Waals surface area (Å²) in [6.45, 7) is 0.0279. The molecule has 3 heterocycles. The Morgan fingerprint density at radius 2 is 1.72 bits per heavy atom. The molecule has 5 rings (SSSR count). The van der Waals surface area contributed by atoms with Gasteiger partial charge < -0.3 is 4.52 Å². The largest absolute Gasteiger partial charge is 0.364 e. The van der Waals surface area contributed by atoms with Crippen molar-refractivity contribution in [3.8, 4) is 22.9 Å². The average molecular weight is 512 g/mol. The number of hydrogen-bond donors (Lipinski definition) is 1. The third-order valence-corrected chi connectivity index (χ3v) is 6.44. The van der Waals surface area contributed by atoms with E-state index in [0.717, 1.165) is 30.5 Å². The van der Waals surface area contributed by atoms with Crippen LogP contribution in [0.15, 0.2) is 82.5 Å². The number of anilines is 1. The van der Waals surface area contributed by atoms with E-state index in [-0.39, 0.29) is 23.0 Å². The van der Waals surface area contributed by atoms with E-state index in [1.54, 1.807) is 24.3 Å². The van der Waals surface area contributed by atoms with Gasteiger partial charge in [-0.2, -0.15) is 5.10 Å². The molecule has 0 aliphatic heterocycles. The van der Waals surface area contributed by atoms with Crippen LogP contribution in [0.5, 0.6) is 0 Å². The van der Waals surface area contributed by atoms with Crippen LogP contribution in [-0.4, -0.2) is 33.3 Å². The van der Waals surface area contributed by atoms with Gasteiger partial charge in [0, 0.05) is 11.6 Å². The maximum Gasteiger partial charge on any atom is 0.263 e. The second kappa shape index (κ2) is 9.26. The summed E-state index contributed by atoms with van der Waals surface area (Å²) in [5.41, 5.74) is 1.32. The molecule has 0 radical (unpaired) electrons. The summed E-state index contributed by atoms with van der Waals surface area (Å²) in [5.74, 6) is -2.83. The van der Waals surface area contributed by atoms with E-state index in [9.17, 15) is 21.6 Å². The van der Waals surface area contributed by atoms with E-state index in [4.69, 9.17) is 4.52 Å². The highest BCUT2D eigenvalue weighted by atomic mass is 32.2. The number of sulfonamides is 1. The first kappa shape index (κ1) is 23.2. The lowest BCUT2D eigenvalue weighted by Gasteiger charge is -2.09. The van der Waals surface area contributed by atoms with Gasteiger partial charge in [-0.3, -0.25) is 9.40 Å². The Balaban J connectivity index is 1.52. The number of nitrogens with zero attached hydrogens (tertiary/aromatic N) is 5. The summed E-state index contributed by atoms with van der Waals surface area (Å²) in [7, 11) is -4.27. The number of benzene rings is 2. The van der Waals surface area contributed by atoms with Gasteiger partial charge in [-0.25, -0.2) is 31.6 Å². The predicted molar refractivity (Wildman–Crippen MR) is 121 cm³/mol. The van der Waals surface area contributed by atoms with Crippen LogP contribution in [0.4, 0.5) is 19.0 Å². The van der Waals surface area contributed by atoms with Crippen molar-refractivity contribution < 1.29 is 26.1 Å². The van der Waals surface area contributed by atoms with E-state index in [1.807, 2.05) is 4.72 Å². The lowest BCUT2D eigenvalue weighted by Crippen LogP contribution is -2.15. The number of nitrogens with one attached hydrogen (secondary N) is 1. The summed E-state index contributed by atoms with van der Waals surface area (Å²) < 4.78 is 75.5. The van der Waals surface area contributed by atoms with Crippen LogP contribution >= 0.6 is 0 Å². The molecule has 5 aromatic rings. The van der Waals surface area contributed by atoms with Crippen molar-refractivity contribution in [1.29, 1.82) is 0 Å². The van der Waals surface area contributed by atoms with Crippen LogP contribution < -0.4 is 4.72 Å². The normalized spacial score (nSPS) is 11.5. The van der Waals surface area contributed by atoms with Crippen molar-refractivity contribution in [2.45, 2.75) is 11.4 Å². The van der Waals surface area contributed by atoms with Gasteiger partial charge >= 0.3 is 0 Å². The molecule has 0 atom stereocenters. The molecule has 3 aromatic heterocycles. The van der Waals surface area contributed by atoms with Gasteiger partial charge in [0.1, 0.15) is 29.3 Å². The molecule has 0 aliphatic rings. The maximum atomic E-state index is 14.4. The lowest BCUT2D eigenvalue weighted by molar-refractivity contribution is 0.421. The third kappa shape index (κ3) is 4.68. The summed E-state index contributed by atoms with van der Waals surface area (Å²) in [6, 6.07) is 13.3. The second-order valence-corrected chi connectivity index (χ2v) is 9.18. The molecule has 0 saturated carbocycles. The van der Waals surface area contributed by atoms with Gasteiger partial charge in [-0.05, 0) is 36.4 Å². The first-order valence-electron chi connectivity index (χ1n) is 10.3. The molecule has 0 fully saturated rings. The highest BCUT2D eigenvalue weighted by Gasteiger charge is 2.21. The Hall–Kier alpha value is -4.52. The van der Waals surface area contributed by atoms with Crippen molar-refractivity contribution >= 4 is 15.8 Å². The fourth-order valence-electron chi connectivity index (χ4n) is 3.35.